The van der Waals surface area contributed by atoms with E-state index in [9.17, 15) is 13.2 Å². The molecule has 176 valence electrons. The Balaban J connectivity index is 1.80. The second-order valence-electron chi connectivity index (χ2n) is 6.97. The third kappa shape index (κ3) is 5.55. The van der Waals surface area contributed by atoms with E-state index < -0.39 is 15.9 Å². The number of hydrogen-bond donors (Lipinski definition) is 1. The highest BCUT2D eigenvalue weighted by molar-refractivity contribution is 7.89. The van der Waals surface area contributed by atoms with Gasteiger partial charge in [0.25, 0.3) is 5.91 Å². The lowest BCUT2D eigenvalue weighted by Crippen LogP contribution is -2.31. The quantitative estimate of drug-likeness (QED) is 0.453. The van der Waals surface area contributed by atoms with Crippen LogP contribution in [0.15, 0.2) is 53.6 Å². The van der Waals surface area contributed by atoms with Crippen LogP contribution in [0.4, 0.5) is 5.69 Å². The molecule has 8 nitrogen and oxygen atoms in total. The number of aromatic nitrogens is 1. The molecule has 33 heavy (non-hydrogen) atoms. The maximum atomic E-state index is 13.1. The number of pyridine rings is 1. The Morgan fingerprint density at radius 2 is 1.79 bits per heavy atom. The van der Waals surface area contributed by atoms with E-state index in [2.05, 4.69) is 10.3 Å². The third-order valence-corrected chi connectivity index (χ3v) is 7.29. The van der Waals surface area contributed by atoms with Crippen LogP contribution < -0.4 is 14.8 Å². The van der Waals surface area contributed by atoms with Gasteiger partial charge in [0.1, 0.15) is 21.9 Å². The zero-order valence-corrected chi connectivity index (χ0v) is 20.2. The monoisotopic (exact) mass is 491 g/mol. The van der Waals surface area contributed by atoms with Crippen LogP contribution in [-0.2, 0) is 14.8 Å². The van der Waals surface area contributed by atoms with E-state index in [0.717, 1.165) is 5.39 Å². The van der Waals surface area contributed by atoms with Crippen LogP contribution in [0, 0.1) is 0 Å². The maximum Gasteiger partial charge on any atom is 0.262 e. The number of anilines is 1. The van der Waals surface area contributed by atoms with E-state index in [0.29, 0.717) is 41.7 Å². The molecule has 0 saturated carbocycles. The van der Waals surface area contributed by atoms with Gasteiger partial charge in [-0.3, -0.25) is 9.78 Å². The minimum absolute atomic E-state index is 0.000311. The third-order valence-electron chi connectivity index (χ3n) is 4.89. The Kier molecular flexibility index (Phi) is 8.12. The van der Waals surface area contributed by atoms with E-state index >= 15 is 0 Å². The van der Waals surface area contributed by atoms with Crippen molar-refractivity contribution < 1.29 is 22.7 Å². The second kappa shape index (κ2) is 10.8. The molecule has 0 radical (unpaired) electrons. The van der Waals surface area contributed by atoms with Crippen molar-refractivity contribution in [2.75, 3.05) is 31.6 Å². The number of fused-ring (bicyclic) bond motifs is 1. The molecule has 1 amide bonds. The molecule has 0 aliphatic heterocycles. The van der Waals surface area contributed by atoms with Crippen molar-refractivity contribution in [2.45, 2.75) is 25.7 Å². The number of halogens is 1. The SMILES string of the molecule is CCOc1ccc(NC(=O)COc2ccc(Cl)c3cccnc23)cc1S(=O)(=O)N(CC)CC. The summed E-state index contributed by atoms with van der Waals surface area (Å²) in [5.74, 6) is 0.198. The van der Waals surface area contributed by atoms with E-state index in [-0.39, 0.29) is 17.3 Å². The number of benzene rings is 2. The summed E-state index contributed by atoms with van der Waals surface area (Å²) < 4.78 is 38.7. The van der Waals surface area contributed by atoms with Crippen molar-refractivity contribution in [2.24, 2.45) is 0 Å². The smallest absolute Gasteiger partial charge is 0.262 e. The number of carbonyl (C=O) groups excluding carboxylic acids is 1. The molecule has 0 saturated heterocycles. The van der Waals surface area contributed by atoms with Crippen molar-refractivity contribution >= 4 is 44.1 Å². The highest BCUT2D eigenvalue weighted by Crippen LogP contribution is 2.31. The van der Waals surface area contributed by atoms with Gasteiger partial charge in [0, 0.05) is 30.4 Å². The minimum atomic E-state index is -3.79. The molecule has 10 heteroatoms. The summed E-state index contributed by atoms with van der Waals surface area (Å²) in [5, 5.41) is 3.93. The summed E-state index contributed by atoms with van der Waals surface area (Å²) in [4.78, 5) is 16.8. The molecule has 0 aliphatic carbocycles. The predicted molar refractivity (Wildman–Crippen MR) is 129 cm³/mol. The molecular formula is C23H26ClN3O5S. The van der Waals surface area contributed by atoms with E-state index in [1.807, 2.05) is 6.07 Å². The first kappa shape index (κ1) is 24.8. The van der Waals surface area contributed by atoms with Crippen molar-refractivity contribution in [3.05, 3.63) is 53.7 Å². The van der Waals surface area contributed by atoms with Gasteiger partial charge in [0.15, 0.2) is 6.61 Å². The Hall–Kier alpha value is -2.88. The van der Waals surface area contributed by atoms with Gasteiger partial charge in [-0.2, -0.15) is 4.31 Å². The number of sulfonamides is 1. The lowest BCUT2D eigenvalue weighted by atomic mass is 10.2. The van der Waals surface area contributed by atoms with Crippen LogP contribution in [-0.4, -0.2) is 49.9 Å². The summed E-state index contributed by atoms with van der Waals surface area (Å²) >= 11 is 6.19. The largest absolute Gasteiger partial charge is 0.492 e. The summed E-state index contributed by atoms with van der Waals surface area (Å²) in [6.45, 7) is 5.95. The minimum Gasteiger partial charge on any atom is -0.492 e. The van der Waals surface area contributed by atoms with Crippen LogP contribution in [0.3, 0.4) is 0 Å². The Morgan fingerprint density at radius 3 is 2.48 bits per heavy atom. The molecule has 0 bridgehead atoms. The zero-order valence-electron chi connectivity index (χ0n) is 18.7. The summed E-state index contributed by atoms with van der Waals surface area (Å²) in [5.41, 5.74) is 0.864. The van der Waals surface area contributed by atoms with Gasteiger partial charge in [-0.1, -0.05) is 25.4 Å². The van der Waals surface area contributed by atoms with Crippen molar-refractivity contribution in [1.29, 1.82) is 0 Å². The standard InChI is InChI=1S/C23H26ClN3O5S/c1-4-27(5-2)33(29,30)21-14-16(9-11-19(21)31-6-3)26-22(28)15-32-20-12-10-18(24)17-8-7-13-25-23(17)20/h7-14H,4-6,15H2,1-3H3,(H,26,28). The first-order valence-corrected chi connectivity index (χ1v) is 12.4. The topological polar surface area (TPSA) is 97.8 Å². The molecule has 3 rings (SSSR count). The number of amides is 1. The van der Waals surface area contributed by atoms with Crippen LogP contribution >= 0.6 is 11.6 Å². The van der Waals surface area contributed by atoms with Crippen molar-refractivity contribution in [3.63, 3.8) is 0 Å². The lowest BCUT2D eigenvalue weighted by Gasteiger charge is -2.21. The molecule has 2 aromatic carbocycles. The molecule has 0 atom stereocenters. The number of carbonyl (C=O) groups is 1. The zero-order chi connectivity index (χ0) is 24.0. The van der Waals surface area contributed by atoms with Crippen LogP contribution in [0.5, 0.6) is 11.5 Å². The van der Waals surface area contributed by atoms with Crippen LogP contribution in [0.2, 0.25) is 5.02 Å². The Labute approximate surface area is 198 Å². The van der Waals surface area contributed by atoms with E-state index in [4.69, 9.17) is 21.1 Å². The fraction of sp³-hybridized carbons (Fsp3) is 0.304. The number of nitrogens with zero attached hydrogens (tertiary/aromatic N) is 2. The molecule has 1 aromatic heterocycles. The fourth-order valence-electron chi connectivity index (χ4n) is 3.33. The number of ether oxygens (including phenoxy) is 2. The number of nitrogens with one attached hydrogen (secondary N) is 1. The molecule has 1 N–H and O–H groups in total. The summed E-state index contributed by atoms with van der Waals surface area (Å²) in [6, 6.07) is 11.4. The fourth-order valence-corrected chi connectivity index (χ4v) is 5.16. The van der Waals surface area contributed by atoms with Gasteiger partial charge in [0.2, 0.25) is 10.0 Å². The maximum absolute atomic E-state index is 13.1. The van der Waals surface area contributed by atoms with Gasteiger partial charge < -0.3 is 14.8 Å². The molecule has 0 fully saturated rings. The van der Waals surface area contributed by atoms with Gasteiger partial charge in [0.05, 0.1) is 11.6 Å². The average Bonchev–Trinajstić information content (AvgIpc) is 2.80. The normalized spacial score (nSPS) is 11.5. The molecule has 3 aromatic rings. The Morgan fingerprint density at radius 1 is 1.06 bits per heavy atom. The van der Waals surface area contributed by atoms with E-state index in [1.165, 1.54) is 16.4 Å². The average molecular weight is 492 g/mol. The summed E-state index contributed by atoms with van der Waals surface area (Å²) in [7, 11) is -3.79. The van der Waals surface area contributed by atoms with E-state index in [1.54, 1.807) is 51.2 Å². The lowest BCUT2D eigenvalue weighted by molar-refractivity contribution is -0.118. The number of rotatable bonds is 10. The summed E-state index contributed by atoms with van der Waals surface area (Å²) in [6.07, 6.45) is 1.61. The Bertz CT molecular complexity index is 1250. The number of hydrogen-bond acceptors (Lipinski definition) is 6. The molecule has 0 spiro atoms. The molecule has 0 aliphatic rings. The second-order valence-corrected chi connectivity index (χ2v) is 9.28. The highest BCUT2D eigenvalue weighted by Gasteiger charge is 2.26. The van der Waals surface area contributed by atoms with Gasteiger partial charge in [-0.05, 0) is 49.4 Å². The van der Waals surface area contributed by atoms with Gasteiger partial charge >= 0.3 is 0 Å². The van der Waals surface area contributed by atoms with Crippen LogP contribution in [0.1, 0.15) is 20.8 Å². The molecule has 0 unspecified atom stereocenters. The molecule has 1 heterocycles. The highest BCUT2D eigenvalue weighted by atomic mass is 35.5. The van der Waals surface area contributed by atoms with Crippen LogP contribution in [0.25, 0.3) is 10.9 Å². The van der Waals surface area contributed by atoms with Gasteiger partial charge in [-0.25, -0.2) is 8.42 Å². The first-order valence-electron chi connectivity index (χ1n) is 10.5. The van der Waals surface area contributed by atoms with Crippen molar-refractivity contribution in [1.82, 2.24) is 9.29 Å². The molecular weight excluding hydrogens is 466 g/mol. The van der Waals surface area contributed by atoms with Gasteiger partial charge in [-0.15, -0.1) is 0 Å². The van der Waals surface area contributed by atoms with Crippen molar-refractivity contribution in [3.8, 4) is 11.5 Å². The predicted octanol–water partition coefficient (Wildman–Crippen LogP) is 4.33. The first-order chi connectivity index (χ1) is 15.8.